The van der Waals surface area contributed by atoms with Crippen LogP contribution in [-0.4, -0.2) is 22.6 Å². The molecule has 0 bridgehead atoms. The Morgan fingerprint density at radius 2 is 2.05 bits per heavy atom. The minimum Gasteiger partial charge on any atom is -0.325 e. The van der Waals surface area contributed by atoms with E-state index in [0.29, 0.717) is 6.04 Å². The molecule has 1 aliphatic heterocycles. The van der Waals surface area contributed by atoms with Crippen molar-refractivity contribution in [3.8, 4) is 0 Å². The summed E-state index contributed by atoms with van der Waals surface area (Å²) < 4.78 is 2.40. The molecule has 3 nitrogen and oxygen atoms in total. The van der Waals surface area contributed by atoms with Crippen molar-refractivity contribution in [1.29, 1.82) is 0 Å². The highest BCUT2D eigenvalue weighted by Gasteiger charge is 2.37. The fourth-order valence-corrected chi connectivity index (χ4v) is 3.77. The molecule has 0 amide bonds. The van der Waals surface area contributed by atoms with Crippen molar-refractivity contribution < 1.29 is 0 Å². The van der Waals surface area contributed by atoms with Crippen LogP contribution in [0.3, 0.4) is 0 Å². The predicted octanol–water partition coefficient (Wildman–Crippen LogP) is 4.30. The maximum absolute atomic E-state index is 6.21. The van der Waals surface area contributed by atoms with Crippen molar-refractivity contribution in [3.05, 3.63) is 29.0 Å². The zero-order chi connectivity index (χ0) is 15.0. The molecule has 1 fully saturated rings. The second-order valence-electron chi connectivity index (χ2n) is 6.42. The van der Waals surface area contributed by atoms with Crippen LogP contribution in [0.25, 0.3) is 11.0 Å². The molecule has 0 atom stereocenters. The highest BCUT2D eigenvalue weighted by atomic mass is 35.5. The Hall–Kier alpha value is -1.06. The molecule has 114 valence electrons. The fourth-order valence-electron chi connectivity index (χ4n) is 3.60. The number of rotatable bonds is 3. The van der Waals surface area contributed by atoms with Gasteiger partial charge in [0.05, 0.1) is 11.0 Å². The van der Waals surface area contributed by atoms with Gasteiger partial charge in [-0.2, -0.15) is 0 Å². The van der Waals surface area contributed by atoms with Crippen molar-refractivity contribution in [3.63, 3.8) is 0 Å². The van der Waals surface area contributed by atoms with Gasteiger partial charge in [-0.15, -0.1) is 0 Å². The first-order valence-corrected chi connectivity index (χ1v) is 8.34. The van der Waals surface area contributed by atoms with Gasteiger partial charge in [0.2, 0.25) is 0 Å². The van der Waals surface area contributed by atoms with Gasteiger partial charge in [-0.1, -0.05) is 18.5 Å². The fraction of sp³-hybridized carbons (Fsp3) is 0.588. The van der Waals surface area contributed by atoms with Gasteiger partial charge in [0.25, 0.3) is 0 Å². The van der Waals surface area contributed by atoms with Gasteiger partial charge in [-0.05, 0) is 64.4 Å². The van der Waals surface area contributed by atoms with Gasteiger partial charge >= 0.3 is 0 Å². The highest BCUT2D eigenvalue weighted by molar-refractivity contribution is 6.31. The molecule has 1 aliphatic rings. The third-order valence-electron chi connectivity index (χ3n) is 4.88. The van der Waals surface area contributed by atoms with Crippen LogP contribution in [0.15, 0.2) is 18.2 Å². The lowest BCUT2D eigenvalue weighted by atomic mass is 9.75. The molecule has 21 heavy (non-hydrogen) atoms. The van der Waals surface area contributed by atoms with E-state index in [2.05, 4.69) is 36.7 Å². The summed E-state index contributed by atoms with van der Waals surface area (Å²) in [5, 5.41) is 4.26. The van der Waals surface area contributed by atoms with E-state index in [0.717, 1.165) is 42.9 Å². The van der Waals surface area contributed by atoms with E-state index in [4.69, 9.17) is 16.6 Å². The molecule has 2 heterocycles. The van der Waals surface area contributed by atoms with E-state index in [1.807, 2.05) is 12.1 Å². The molecule has 0 aliphatic carbocycles. The van der Waals surface area contributed by atoms with Gasteiger partial charge < -0.3 is 9.88 Å². The summed E-state index contributed by atoms with van der Waals surface area (Å²) in [7, 11) is 0. The summed E-state index contributed by atoms with van der Waals surface area (Å²) in [5.74, 6) is 1.25. The highest BCUT2D eigenvalue weighted by Crippen LogP contribution is 2.39. The molecular formula is C17H24ClN3. The minimum absolute atomic E-state index is 0.195. The van der Waals surface area contributed by atoms with E-state index in [1.165, 1.54) is 11.3 Å². The normalized spacial score (nSPS) is 18.5. The Kier molecular flexibility index (Phi) is 3.98. The van der Waals surface area contributed by atoms with E-state index in [1.54, 1.807) is 0 Å². The van der Waals surface area contributed by atoms with Gasteiger partial charge in [0.1, 0.15) is 5.82 Å². The van der Waals surface area contributed by atoms with Crippen LogP contribution in [0.4, 0.5) is 0 Å². The third-order valence-corrected chi connectivity index (χ3v) is 5.11. The maximum atomic E-state index is 6.21. The molecule has 1 saturated heterocycles. The molecular weight excluding hydrogens is 282 g/mol. The summed E-state index contributed by atoms with van der Waals surface area (Å²) in [4.78, 5) is 5.02. The molecule has 1 aromatic carbocycles. The van der Waals surface area contributed by atoms with E-state index in [-0.39, 0.29) is 5.41 Å². The topological polar surface area (TPSA) is 29.9 Å². The van der Waals surface area contributed by atoms with Crippen LogP contribution in [-0.2, 0) is 5.41 Å². The second-order valence-corrected chi connectivity index (χ2v) is 6.85. The molecule has 3 rings (SSSR count). The van der Waals surface area contributed by atoms with Crippen LogP contribution >= 0.6 is 11.6 Å². The number of nitrogens with one attached hydrogen (secondary N) is 1. The smallest absolute Gasteiger partial charge is 0.116 e. The van der Waals surface area contributed by atoms with Crippen molar-refractivity contribution in [2.75, 3.05) is 13.1 Å². The summed E-state index contributed by atoms with van der Waals surface area (Å²) >= 11 is 6.21. The zero-order valence-electron chi connectivity index (χ0n) is 13.1. The van der Waals surface area contributed by atoms with E-state index >= 15 is 0 Å². The van der Waals surface area contributed by atoms with E-state index < -0.39 is 0 Å². The number of halogens is 1. The predicted molar refractivity (Wildman–Crippen MR) is 89.2 cm³/mol. The lowest BCUT2D eigenvalue weighted by Gasteiger charge is -2.37. The van der Waals surface area contributed by atoms with Crippen molar-refractivity contribution >= 4 is 22.6 Å². The Morgan fingerprint density at radius 1 is 1.33 bits per heavy atom. The quantitative estimate of drug-likeness (QED) is 0.916. The van der Waals surface area contributed by atoms with Gasteiger partial charge in [0.15, 0.2) is 0 Å². The Labute approximate surface area is 131 Å². The van der Waals surface area contributed by atoms with Gasteiger partial charge in [-0.3, -0.25) is 0 Å². The molecule has 0 unspecified atom stereocenters. The number of benzene rings is 1. The first-order chi connectivity index (χ1) is 10.1. The number of imidazole rings is 1. The number of hydrogen-bond acceptors (Lipinski definition) is 2. The summed E-state index contributed by atoms with van der Waals surface area (Å²) in [6, 6.07) is 6.43. The molecule has 4 heteroatoms. The average molecular weight is 306 g/mol. The molecule has 1 aromatic heterocycles. The summed E-state index contributed by atoms with van der Waals surface area (Å²) in [5.41, 5.74) is 2.43. The Morgan fingerprint density at radius 3 is 2.67 bits per heavy atom. The lowest BCUT2D eigenvalue weighted by Crippen LogP contribution is -2.41. The van der Waals surface area contributed by atoms with Crippen molar-refractivity contribution in [2.45, 2.75) is 51.5 Å². The van der Waals surface area contributed by atoms with Crippen molar-refractivity contribution in [1.82, 2.24) is 14.9 Å². The van der Waals surface area contributed by atoms with Gasteiger partial charge in [-0.25, -0.2) is 4.98 Å². The second kappa shape index (κ2) is 5.62. The largest absolute Gasteiger partial charge is 0.325 e. The van der Waals surface area contributed by atoms with Gasteiger partial charge in [0, 0.05) is 16.5 Å². The SMILES string of the molecule is CCC1(c2nc3ccc(Cl)cc3n2C(C)C)CCNCC1. The summed E-state index contributed by atoms with van der Waals surface area (Å²) in [6.07, 6.45) is 3.46. The lowest BCUT2D eigenvalue weighted by molar-refractivity contribution is 0.271. The Bertz CT molecular complexity index is 639. The van der Waals surface area contributed by atoms with E-state index in [9.17, 15) is 0 Å². The molecule has 1 N–H and O–H groups in total. The monoisotopic (exact) mass is 305 g/mol. The standard InChI is InChI=1S/C17H24ClN3/c1-4-17(7-9-19-10-8-17)16-20-14-6-5-13(18)11-15(14)21(16)12(2)3/h5-6,11-12,19H,4,7-10H2,1-3H3. The number of piperidine rings is 1. The maximum Gasteiger partial charge on any atom is 0.116 e. The molecule has 0 spiro atoms. The number of fused-ring (bicyclic) bond motifs is 1. The average Bonchev–Trinajstić information content (AvgIpc) is 2.87. The van der Waals surface area contributed by atoms with Crippen LogP contribution in [0.5, 0.6) is 0 Å². The minimum atomic E-state index is 0.195. The number of nitrogens with zero attached hydrogens (tertiary/aromatic N) is 2. The number of hydrogen-bond donors (Lipinski definition) is 1. The zero-order valence-corrected chi connectivity index (χ0v) is 13.9. The first kappa shape index (κ1) is 14.9. The van der Waals surface area contributed by atoms with Crippen LogP contribution in [0.1, 0.15) is 51.9 Å². The molecule has 0 saturated carbocycles. The summed E-state index contributed by atoms with van der Waals surface area (Å²) in [6.45, 7) is 8.92. The first-order valence-electron chi connectivity index (χ1n) is 7.96. The number of aromatic nitrogens is 2. The van der Waals surface area contributed by atoms with Crippen LogP contribution < -0.4 is 5.32 Å². The third kappa shape index (κ3) is 2.47. The molecule has 0 radical (unpaired) electrons. The van der Waals surface area contributed by atoms with Crippen LogP contribution in [0, 0.1) is 0 Å². The van der Waals surface area contributed by atoms with Crippen LogP contribution in [0.2, 0.25) is 5.02 Å². The molecule has 2 aromatic rings. The van der Waals surface area contributed by atoms with Crippen molar-refractivity contribution in [2.24, 2.45) is 0 Å². The Balaban J connectivity index is 2.23.